The standard InChI is InChI=1S/C16H23N3O2/c1-11(15-10-19(3)18-12(15)2)17-9-13-6-7-14(20-4)8-16(13)21-5/h6-8,10-11,17H,9H2,1-5H3. The summed E-state index contributed by atoms with van der Waals surface area (Å²) in [6.45, 7) is 4.89. The molecule has 0 saturated carbocycles. The van der Waals surface area contributed by atoms with Crippen molar-refractivity contribution in [2.45, 2.75) is 26.4 Å². The van der Waals surface area contributed by atoms with Gasteiger partial charge in [-0.15, -0.1) is 0 Å². The van der Waals surface area contributed by atoms with Crippen molar-refractivity contribution in [2.75, 3.05) is 14.2 Å². The van der Waals surface area contributed by atoms with E-state index in [9.17, 15) is 0 Å². The summed E-state index contributed by atoms with van der Waals surface area (Å²) in [4.78, 5) is 0. The second kappa shape index (κ2) is 6.63. The summed E-state index contributed by atoms with van der Waals surface area (Å²) >= 11 is 0. The van der Waals surface area contributed by atoms with E-state index in [1.807, 2.05) is 36.9 Å². The van der Waals surface area contributed by atoms with E-state index >= 15 is 0 Å². The molecule has 1 heterocycles. The number of ether oxygens (including phenoxy) is 2. The number of nitrogens with zero attached hydrogens (tertiary/aromatic N) is 2. The van der Waals surface area contributed by atoms with Crippen LogP contribution in [0.4, 0.5) is 0 Å². The molecule has 2 rings (SSSR count). The Hall–Kier alpha value is -2.01. The van der Waals surface area contributed by atoms with Gasteiger partial charge < -0.3 is 14.8 Å². The van der Waals surface area contributed by atoms with Crippen LogP contribution in [-0.4, -0.2) is 24.0 Å². The molecule has 1 N–H and O–H groups in total. The van der Waals surface area contributed by atoms with E-state index in [1.54, 1.807) is 14.2 Å². The van der Waals surface area contributed by atoms with Gasteiger partial charge in [0.25, 0.3) is 0 Å². The lowest BCUT2D eigenvalue weighted by Gasteiger charge is -2.15. The number of benzene rings is 1. The summed E-state index contributed by atoms with van der Waals surface area (Å²) in [6, 6.07) is 6.09. The van der Waals surface area contributed by atoms with Crippen LogP contribution in [0.2, 0.25) is 0 Å². The second-order valence-electron chi connectivity index (χ2n) is 5.12. The third-order valence-electron chi connectivity index (χ3n) is 3.61. The lowest BCUT2D eigenvalue weighted by atomic mass is 10.1. The molecule has 0 fully saturated rings. The van der Waals surface area contributed by atoms with Crippen LogP contribution in [0.25, 0.3) is 0 Å². The summed E-state index contributed by atoms with van der Waals surface area (Å²) in [7, 11) is 5.27. The molecule has 0 amide bonds. The van der Waals surface area contributed by atoms with Crippen LogP contribution >= 0.6 is 0 Å². The summed E-state index contributed by atoms with van der Waals surface area (Å²) in [5.74, 6) is 1.63. The lowest BCUT2D eigenvalue weighted by Crippen LogP contribution is -2.18. The van der Waals surface area contributed by atoms with E-state index in [-0.39, 0.29) is 6.04 Å². The van der Waals surface area contributed by atoms with Gasteiger partial charge >= 0.3 is 0 Å². The van der Waals surface area contributed by atoms with Crippen LogP contribution < -0.4 is 14.8 Å². The van der Waals surface area contributed by atoms with Gasteiger partial charge in [-0.2, -0.15) is 5.10 Å². The van der Waals surface area contributed by atoms with Crippen molar-refractivity contribution in [1.29, 1.82) is 0 Å². The van der Waals surface area contributed by atoms with Crippen molar-refractivity contribution >= 4 is 0 Å². The van der Waals surface area contributed by atoms with Gasteiger partial charge in [-0.05, 0) is 19.9 Å². The van der Waals surface area contributed by atoms with Gasteiger partial charge in [0.05, 0.1) is 19.9 Å². The molecule has 1 atom stereocenters. The highest BCUT2D eigenvalue weighted by Crippen LogP contribution is 2.25. The molecular weight excluding hydrogens is 266 g/mol. The fraction of sp³-hybridized carbons (Fsp3) is 0.438. The maximum Gasteiger partial charge on any atom is 0.127 e. The lowest BCUT2D eigenvalue weighted by molar-refractivity contribution is 0.389. The first-order valence-corrected chi connectivity index (χ1v) is 6.99. The SMILES string of the molecule is COc1ccc(CNC(C)c2cn(C)nc2C)c(OC)c1. The van der Waals surface area contributed by atoms with Gasteiger partial charge in [0.1, 0.15) is 11.5 Å². The van der Waals surface area contributed by atoms with E-state index in [4.69, 9.17) is 9.47 Å². The Balaban J connectivity index is 2.07. The Morgan fingerprint density at radius 1 is 1.29 bits per heavy atom. The van der Waals surface area contributed by atoms with Crippen molar-refractivity contribution in [1.82, 2.24) is 15.1 Å². The zero-order valence-electron chi connectivity index (χ0n) is 13.3. The summed E-state index contributed by atoms with van der Waals surface area (Å²) in [6.07, 6.45) is 2.05. The number of aromatic nitrogens is 2. The number of aryl methyl sites for hydroxylation is 2. The molecule has 5 nitrogen and oxygen atoms in total. The molecule has 0 bridgehead atoms. The molecule has 0 aliphatic heterocycles. The maximum atomic E-state index is 5.42. The number of hydrogen-bond acceptors (Lipinski definition) is 4. The van der Waals surface area contributed by atoms with Crippen molar-refractivity contribution in [2.24, 2.45) is 7.05 Å². The number of rotatable bonds is 6. The zero-order valence-corrected chi connectivity index (χ0v) is 13.3. The van der Waals surface area contributed by atoms with Crippen molar-refractivity contribution < 1.29 is 9.47 Å². The van der Waals surface area contributed by atoms with Crippen LogP contribution in [0.5, 0.6) is 11.5 Å². The predicted molar refractivity (Wildman–Crippen MR) is 82.7 cm³/mol. The fourth-order valence-electron chi connectivity index (χ4n) is 2.41. The zero-order chi connectivity index (χ0) is 15.4. The molecule has 0 saturated heterocycles. The Labute approximate surface area is 125 Å². The number of methoxy groups -OCH3 is 2. The Bertz CT molecular complexity index is 608. The topological polar surface area (TPSA) is 48.3 Å². The maximum absolute atomic E-state index is 5.42. The fourth-order valence-corrected chi connectivity index (χ4v) is 2.41. The monoisotopic (exact) mass is 289 g/mol. The molecule has 0 spiro atoms. The summed E-state index contributed by atoms with van der Waals surface area (Å²) < 4.78 is 12.5. The third kappa shape index (κ3) is 3.55. The minimum absolute atomic E-state index is 0.227. The second-order valence-corrected chi connectivity index (χ2v) is 5.12. The average Bonchev–Trinajstić information content (AvgIpc) is 2.83. The first-order valence-electron chi connectivity index (χ1n) is 6.99. The highest BCUT2D eigenvalue weighted by Gasteiger charge is 2.12. The highest BCUT2D eigenvalue weighted by atomic mass is 16.5. The van der Waals surface area contributed by atoms with Gasteiger partial charge in [-0.1, -0.05) is 6.07 Å². The molecular formula is C16H23N3O2. The van der Waals surface area contributed by atoms with Gasteiger partial charge in [-0.25, -0.2) is 0 Å². The molecule has 1 unspecified atom stereocenters. The van der Waals surface area contributed by atoms with Crippen LogP contribution in [0.15, 0.2) is 24.4 Å². The molecule has 1 aromatic carbocycles. The first-order chi connectivity index (χ1) is 10.0. The van der Waals surface area contributed by atoms with Crippen molar-refractivity contribution in [3.05, 3.63) is 41.2 Å². The minimum atomic E-state index is 0.227. The molecule has 2 aromatic rings. The van der Waals surface area contributed by atoms with Gasteiger partial charge in [0, 0.05) is 43.0 Å². The molecule has 0 aliphatic carbocycles. The Kier molecular flexibility index (Phi) is 4.85. The molecule has 21 heavy (non-hydrogen) atoms. The van der Waals surface area contributed by atoms with Crippen molar-refractivity contribution in [3.63, 3.8) is 0 Å². The molecule has 0 radical (unpaired) electrons. The largest absolute Gasteiger partial charge is 0.497 e. The molecule has 5 heteroatoms. The van der Waals surface area contributed by atoms with E-state index in [2.05, 4.69) is 23.5 Å². The Morgan fingerprint density at radius 2 is 2.05 bits per heavy atom. The third-order valence-corrected chi connectivity index (χ3v) is 3.61. The van der Waals surface area contributed by atoms with Gasteiger partial charge in [-0.3, -0.25) is 4.68 Å². The molecule has 0 aliphatic rings. The molecule has 1 aromatic heterocycles. The van der Waals surface area contributed by atoms with E-state index in [0.717, 1.165) is 29.3 Å². The van der Waals surface area contributed by atoms with Crippen molar-refractivity contribution in [3.8, 4) is 11.5 Å². The predicted octanol–water partition coefficient (Wildman–Crippen LogP) is 2.60. The van der Waals surface area contributed by atoms with Crippen LogP contribution in [0, 0.1) is 6.92 Å². The smallest absolute Gasteiger partial charge is 0.127 e. The van der Waals surface area contributed by atoms with E-state index in [1.165, 1.54) is 5.56 Å². The number of hydrogen-bond donors (Lipinski definition) is 1. The first kappa shape index (κ1) is 15.4. The Morgan fingerprint density at radius 3 is 2.62 bits per heavy atom. The van der Waals surface area contributed by atoms with Crippen LogP contribution in [0.1, 0.15) is 29.8 Å². The van der Waals surface area contributed by atoms with Gasteiger partial charge in [0.15, 0.2) is 0 Å². The van der Waals surface area contributed by atoms with Gasteiger partial charge in [0.2, 0.25) is 0 Å². The quantitative estimate of drug-likeness (QED) is 0.888. The normalized spacial score (nSPS) is 12.2. The minimum Gasteiger partial charge on any atom is -0.497 e. The summed E-state index contributed by atoms with van der Waals surface area (Å²) in [5, 5.41) is 7.89. The average molecular weight is 289 g/mol. The molecule has 114 valence electrons. The van der Waals surface area contributed by atoms with Crippen LogP contribution in [-0.2, 0) is 13.6 Å². The van der Waals surface area contributed by atoms with E-state index in [0.29, 0.717) is 0 Å². The highest BCUT2D eigenvalue weighted by molar-refractivity contribution is 5.40. The summed E-state index contributed by atoms with van der Waals surface area (Å²) in [5.41, 5.74) is 3.37. The number of nitrogens with one attached hydrogen (secondary N) is 1. The van der Waals surface area contributed by atoms with Crippen LogP contribution in [0.3, 0.4) is 0 Å². The van der Waals surface area contributed by atoms with E-state index < -0.39 is 0 Å².